The lowest BCUT2D eigenvalue weighted by molar-refractivity contribution is 0.756. The number of benzene rings is 1. The first-order valence-corrected chi connectivity index (χ1v) is 7.45. The molecule has 0 aliphatic heterocycles. The average Bonchev–Trinajstić information content (AvgIpc) is 2.82. The van der Waals surface area contributed by atoms with Crippen molar-refractivity contribution in [1.82, 2.24) is 19.5 Å². The van der Waals surface area contributed by atoms with Crippen molar-refractivity contribution in [2.24, 2.45) is 0 Å². The number of aromatic nitrogens is 4. The van der Waals surface area contributed by atoms with Gasteiger partial charge in [-0.05, 0) is 28.4 Å². The molecule has 0 saturated heterocycles. The summed E-state index contributed by atoms with van der Waals surface area (Å²) in [4.78, 5) is 13.1. The summed E-state index contributed by atoms with van der Waals surface area (Å²) in [6.45, 7) is 3.43. The molecule has 2 aromatic heterocycles. The molecule has 0 aliphatic carbocycles. The normalized spacial score (nSPS) is 11.0. The van der Waals surface area contributed by atoms with Crippen LogP contribution in [0.3, 0.4) is 0 Å². The summed E-state index contributed by atoms with van der Waals surface area (Å²) in [5, 5.41) is 3.20. The number of aryl methyl sites for hydroxylation is 1. The van der Waals surface area contributed by atoms with Crippen molar-refractivity contribution in [2.45, 2.75) is 20.0 Å². The van der Waals surface area contributed by atoms with Gasteiger partial charge in [-0.15, -0.1) is 0 Å². The number of hydrogen-bond donors (Lipinski definition) is 2. The Bertz CT molecular complexity index is 768. The Morgan fingerprint density at radius 1 is 1.19 bits per heavy atom. The summed E-state index contributed by atoms with van der Waals surface area (Å²) in [7, 11) is 0. The second kappa shape index (κ2) is 5.69. The highest BCUT2D eigenvalue weighted by Crippen LogP contribution is 2.23. The fourth-order valence-electron chi connectivity index (χ4n) is 2.13. The summed E-state index contributed by atoms with van der Waals surface area (Å²) >= 11 is 3.41. The molecule has 3 N–H and O–H groups in total. The molecule has 7 heteroatoms. The monoisotopic (exact) mass is 346 g/mol. The van der Waals surface area contributed by atoms with E-state index in [0.29, 0.717) is 28.6 Å². The van der Waals surface area contributed by atoms with Crippen LogP contribution in [0, 0.1) is 0 Å². The SMILES string of the molecule is CCn1c(Br)nc2c(N)nc(NCc3ccccc3)nc21. The maximum absolute atomic E-state index is 5.98. The highest BCUT2D eigenvalue weighted by Gasteiger charge is 2.14. The average molecular weight is 347 g/mol. The fraction of sp³-hybridized carbons (Fsp3) is 0.214. The van der Waals surface area contributed by atoms with E-state index in [4.69, 9.17) is 5.73 Å². The van der Waals surface area contributed by atoms with E-state index < -0.39 is 0 Å². The second-order valence-electron chi connectivity index (χ2n) is 4.57. The van der Waals surface area contributed by atoms with Gasteiger partial charge in [-0.1, -0.05) is 30.3 Å². The number of nitrogens with two attached hydrogens (primary N) is 1. The van der Waals surface area contributed by atoms with E-state index in [-0.39, 0.29) is 0 Å². The van der Waals surface area contributed by atoms with Crippen LogP contribution in [0.25, 0.3) is 11.2 Å². The number of fused-ring (bicyclic) bond motifs is 1. The van der Waals surface area contributed by atoms with Crippen molar-refractivity contribution >= 4 is 38.9 Å². The second-order valence-corrected chi connectivity index (χ2v) is 5.28. The van der Waals surface area contributed by atoms with Crippen LogP contribution in [-0.4, -0.2) is 19.5 Å². The molecule has 0 fully saturated rings. The molecule has 6 nitrogen and oxygen atoms in total. The molecular weight excluding hydrogens is 332 g/mol. The molecular formula is C14H15BrN6. The van der Waals surface area contributed by atoms with Gasteiger partial charge in [-0.3, -0.25) is 0 Å². The van der Waals surface area contributed by atoms with Crippen LogP contribution in [0.4, 0.5) is 11.8 Å². The van der Waals surface area contributed by atoms with Gasteiger partial charge in [-0.25, -0.2) is 4.98 Å². The van der Waals surface area contributed by atoms with Gasteiger partial charge in [0.05, 0.1) is 0 Å². The summed E-state index contributed by atoms with van der Waals surface area (Å²) in [5.41, 5.74) is 8.48. The molecule has 3 rings (SSSR count). The minimum Gasteiger partial charge on any atom is -0.382 e. The van der Waals surface area contributed by atoms with E-state index >= 15 is 0 Å². The first-order chi connectivity index (χ1) is 10.2. The molecule has 0 amide bonds. The first-order valence-electron chi connectivity index (χ1n) is 6.66. The Labute approximate surface area is 130 Å². The summed E-state index contributed by atoms with van der Waals surface area (Å²) in [5.74, 6) is 0.884. The largest absolute Gasteiger partial charge is 0.382 e. The van der Waals surface area contributed by atoms with Gasteiger partial charge >= 0.3 is 0 Å². The van der Waals surface area contributed by atoms with Crippen LogP contribution < -0.4 is 11.1 Å². The Morgan fingerprint density at radius 2 is 1.95 bits per heavy atom. The standard InChI is InChI=1S/C14H15BrN6/c1-2-21-12-10(18-13(21)15)11(16)19-14(20-12)17-8-9-6-4-3-5-7-9/h3-7H,2,8H2,1H3,(H3,16,17,19,20). The minimum absolute atomic E-state index is 0.378. The Morgan fingerprint density at radius 3 is 2.67 bits per heavy atom. The maximum atomic E-state index is 5.98. The fourth-order valence-corrected chi connectivity index (χ4v) is 2.73. The van der Waals surface area contributed by atoms with Crippen LogP contribution in [0.2, 0.25) is 0 Å². The highest BCUT2D eigenvalue weighted by atomic mass is 79.9. The number of nitrogen functional groups attached to an aromatic ring is 1. The number of rotatable bonds is 4. The molecule has 1 aromatic carbocycles. The predicted octanol–water partition coefficient (Wildman–Crippen LogP) is 2.80. The molecule has 3 aromatic rings. The highest BCUT2D eigenvalue weighted by molar-refractivity contribution is 9.10. The molecule has 0 saturated carbocycles. The van der Waals surface area contributed by atoms with E-state index in [0.717, 1.165) is 17.8 Å². The lowest BCUT2D eigenvalue weighted by Gasteiger charge is -2.07. The number of anilines is 2. The van der Waals surface area contributed by atoms with E-state index in [1.807, 2.05) is 41.8 Å². The molecule has 0 spiro atoms. The van der Waals surface area contributed by atoms with E-state index in [1.54, 1.807) is 0 Å². The predicted molar refractivity (Wildman–Crippen MR) is 86.9 cm³/mol. The van der Waals surface area contributed by atoms with Gasteiger partial charge in [0.1, 0.15) is 0 Å². The molecule has 0 radical (unpaired) electrons. The molecule has 0 bridgehead atoms. The maximum Gasteiger partial charge on any atom is 0.227 e. The van der Waals surface area contributed by atoms with Crippen LogP contribution in [0.15, 0.2) is 35.1 Å². The topological polar surface area (TPSA) is 81.7 Å². The van der Waals surface area contributed by atoms with Crippen molar-refractivity contribution in [2.75, 3.05) is 11.1 Å². The van der Waals surface area contributed by atoms with Gasteiger partial charge in [0.25, 0.3) is 0 Å². The van der Waals surface area contributed by atoms with Crippen LogP contribution in [0.1, 0.15) is 12.5 Å². The lowest BCUT2D eigenvalue weighted by atomic mass is 10.2. The molecule has 108 valence electrons. The van der Waals surface area contributed by atoms with Crippen molar-refractivity contribution in [3.8, 4) is 0 Å². The van der Waals surface area contributed by atoms with Gasteiger partial charge in [0.2, 0.25) is 5.95 Å². The zero-order valence-electron chi connectivity index (χ0n) is 11.5. The van der Waals surface area contributed by atoms with E-state index in [1.165, 1.54) is 0 Å². The zero-order chi connectivity index (χ0) is 14.8. The van der Waals surface area contributed by atoms with Gasteiger partial charge in [0, 0.05) is 13.1 Å². The van der Waals surface area contributed by atoms with Gasteiger partial charge < -0.3 is 15.6 Å². The van der Waals surface area contributed by atoms with Gasteiger partial charge in [-0.2, -0.15) is 9.97 Å². The van der Waals surface area contributed by atoms with Crippen molar-refractivity contribution in [3.05, 3.63) is 40.6 Å². The van der Waals surface area contributed by atoms with Crippen molar-refractivity contribution in [3.63, 3.8) is 0 Å². The van der Waals surface area contributed by atoms with Crippen molar-refractivity contribution in [1.29, 1.82) is 0 Å². The molecule has 0 aliphatic rings. The Hall–Kier alpha value is -2.15. The van der Waals surface area contributed by atoms with Gasteiger partial charge in [0.15, 0.2) is 21.7 Å². The lowest BCUT2D eigenvalue weighted by Crippen LogP contribution is -2.07. The third kappa shape index (κ3) is 2.69. The molecule has 0 unspecified atom stereocenters. The number of nitrogens with one attached hydrogen (secondary N) is 1. The van der Waals surface area contributed by atoms with Crippen LogP contribution >= 0.6 is 15.9 Å². The smallest absolute Gasteiger partial charge is 0.227 e. The zero-order valence-corrected chi connectivity index (χ0v) is 13.1. The third-order valence-electron chi connectivity index (χ3n) is 3.18. The van der Waals surface area contributed by atoms with Crippen LogP contribution in [-0.2, 0) is 13.1 Å². The molecule has 0 atom stereocenters. The number of imidazole rings is 1. The molecule has 21 heavy (non-hydrogen) atoms. The summed E-state index contributed by atoms with van der Waals surface area (Å²) in [6.07, 6.45) is 0. The number of hydrogen-bond acceptors (Lipinski definition) is 5. The first kappa shape index (κ1) is 13.8. The Balaban J connectivity index is 1.92. The quantitative estimate of drug-likeness (QED) is 0.710. The third-order valence-corrected chi connectivity index (χ3v) is 3.79. The summed E-state index contributed by atoms with van der Waals surface area (Å²) < 4.78 is 2.65. The summed E-state index contributed by atoms with van der Waals surface area (Å²) in [6, 6.07) is 10.1. The van der Waals surface area contributed by atoms with E-state index in [9.17, 15) is 0 Å². The van der Waals surface area contributed by atoms with Crippen molar-refractivity contribution < 1.29 is 0 Å². The number of nitrogens with zero attached hydrogens (tertiary/aromatic N) is 4. The van der Waals surface area contributed by atoms with E-state index in [2.05, 4.69) is 36.2 Å². The van der Waals surface area contributed by atoms with Crippen LogP contribution in [0.5, 0.6) is 0 Å². The Kier molecular flexibility index (Phi) is 3.74. The molecule has 2 heterocycles. The minimum atomic E-state index is 0.378. The number of halogens is 1.